The summed E-state index contributed by atoms with van der Waals surface area (Å²) in [6, 6.07) is 6.33. The van der Waals surface area contributed by atoms with Crippen LogP contribution in [0.25, 0.3) is 11.5 Å². The third kappa shape index (κ3) is 2.72. The van der Waals surface area contributed by atoms with Crippen LogP contribution in [0, 0.1) is 0 Å². The van der Waals surface area contributed by atoms with Crippen molar-refractivity contribution in [3.8, 4) is 11.5 Å². The van der Waals surface area contributed by atoms with Crippen molar-refractivity contribution in [2.24, 2.45) is 0 Å². The van der Waals surface area contributed by atoms with E-state index >= 15 is 0 Å². The summed E-state index contributed by atoms with van der Waals surface area (Å²) in [6.07, 6.45) is 0. The van der Waals surface area contributed by atoms with Crippen molar-refractivity contribution >= 4 is 5.97 Å². The number of rotatable bonds is 5. The Labute approximate surface area is 103 Å². The molecule has 2 rings (SSSR count). The molecule has 2 aromatic rings. The Kier molecular flexibility index (Phi) is 3.69. The molecule has 0 fully saturated rings. The lowest BCUT2D eigenvalue weighted by atomic mass is 10.1. The van der Waals surface area contributed by atoms with Gasteiger partial charge >= 0.3 is 5.97 Å². The van der Waals surface area contributed by atoms with Gasteiger partial charge < -0.3 is 14.4 Å². The third-order valence-electron chi connectivity index (χ3n) is 2.26. The minimum Gasteiger partial charge on any atom is -0.478 e. The number of aromatic nitrogens is 2. The first kappa shape index (κ1) is 12.3. The molecule has 0 atom stereocenters. The highest BCUT2D eigenvalue weighted by Crippen LogP contribution is 2.18. The summed E-state index contributed by atoms with van der Waals surface area (Å²) in [4.78, 5) is 15.0. The zero-order valence-corrected chi connectivity index (χ0v) is 9.79. The van der Waals surface area contributed by atoms with Crippen molar-refractivity contribution < 1.29 is 19.2 Å². The highest BCUT2D eigenvalue weighted by molar-refractivity contribution is 5.88. The topological polar surface area (TPSA) is 85.5 Å². The molecule has 0 saturated carbocycles. The number of carbonyl (C=O) groups is 1. The van der Waals surface area contributed by atoms with Gasteiger partial charge in [0.15, 0.2) is 5.82 Å². The average molecular weight is 248 g/mol. The molecule has 0 radical (unpaired) electrons. The Balaban J connectivity index is 2.23. The normalized spacial score (nSPS) is 10.5. The first-order chi connectivity index (χ1) is 8.70. The molecule has 1 heterocycles. The summed E-state index contributed by atoms with van der Waals surface area (Å²) in [5.74, 6) is -0.272. The molecule has 0 aliphatic heterocycles. The predicted octanol–water partition coefficient (Wildman–Crippen LogP) is 1.97. The first-order valence-corrected chi connectivity index (χ1v) is 5.44. The van der Waals surface area contributed by atoms with Gasteiger partial charge in [-0.2, -0.15) is 4.98 Å². The summed E-state index contributed by atoms with van der Waals surface area (Å²) in [7, 11) is 0. The van der Waals surface area contributed by atoms with Crippen LogP contribution in [-0.2, 0) is 11.3 Å². The second-order valence-electron chi connectivity index (χ2n) is 3.54. The van der Waals surface area contributed by atoms with Crippen LogP contribution < -0.4 is 0 Å². The molecule has 0 saturated heterocycles. The van der Waals surface area contributed by atoms with Gasteiger partial charge in [0.05, 0.1) is 5.56 Å². The lowest BCUT2D eigenvalue weighted by Gasteiger charge is -1.96. The van der Waals surface area contributed by atoms with E-state index in [1.807, 2.05) is 6.92 Å². The molecule has 94 valence electrons. The van der Waals surface area contributed by atoms with Crippen molar-refractivity contribution in [2.75, 3.05) is 6.61 Å². The van der Waals surface area contributed by atoms with Gasteiger partial charge in [-0.3, -0.25) is 0 Å². The number of carboxylic acid groups (broad SMARTS) is 1. The van der Waals surface area contributed by atoms with Crippen LogP contribution in [0.2, 0.25) is 0 Å². The van der Waals surface area contributed by atoms with Crippen molar-refractivity contribution in [2.45, 2.75) is 13.5 Å². The summed E-state index contributed by atoms with van der Waals surface area (Å²) in [5, 5.41) is 12.6. The molecule has 0 aliphatic rings. The van der Waals surface area contributed by atoms with E-state index in [9.17, 15) is 4.79 Å². The van der Waals surface area contributed by atoms with Crippen LogP contribution in [0.1, 0.15) is 23.1 Å². The van der Waals surface area contributed by atoms with Crippen molar-refractivity contribution in [1.82, 2.24) is 10.1 Å². The van der Waals surface area contributed by atoms with Crippen LogP contribution in [0.5, 0.6) is 0 Å². The molecule has 6 nitrogen and oxygen atoms in total. The Morgan fingerprint density at radius 1 is 1.50 bits per heavy atom. The van der Waals surface area contributed by atoms with Gasteiger partial charge in [-0.05, 0) is 25.1 Å². The maximum absolute atomic E-state index is 10.8. The van der Waals surface area contributed by atoms with E-state index in [0.29, 0.717) is 18.0 Å². The number of nitrogens with zero attached hydrogens (tertiary/aromatic N) is 2. The molecule has 1 N–H and O–H groups in total. The Morgan fingerprint density at radius 2 is 2.33 bits per heavy atom. The molecule has 0 bridgehead atoms. The molecule has 0 spiro atoms. The Hall–Kier alpha value is -2.21. The summed E-state index contributed by atoms with van der Waals surface area (Å²) < 4.78 is 10.2. The zero-order chi connectivity index (χ0) is 13.0. The highest BCUT2D eigenvalue weighted by atomic mass is 16.5. The second-order valence-corrected chi connectivity index (χ2v) is 3.54. The second kappa shape index (κ2) is 5.42. The Bertz CT molecular complexity index is 551. The van der Waals surface area contributed by atoms with E-state index in [1.54, 1.807) is 12.1 Å². The number of carboxylic acids is 1. The molecule has 0 amide bonds. The standard InChI is InChI=1S/C12H12N2O4/c1-2-17-7-10-13-11(18-14-10)8-4-3-5-9(6-8)12(15)16/h3-6H,2,7H2,1H3,(H,15,16). The quantitative estimate of drug-likeness (QED) is 0.870. The van der Waals surface area contributed by atoms with Gasteiger partial charge in [0.2, 0.25) is 0 Å². The van der Waals surface area contributed by atoms with Gasteiger partial charge in [0.25, 0.3) is 5.89 Å². The fraction of sp³-hybridized carbons (Fsp3) is 0.250. The molecule has 6 heteroatoms. The molecule has 0 aliphatic carbocycles. The highest BCUT2D eigenvalue weighted by Gasteiger charge is 2.11. The van der Waals surface area contributed by atoms with Crippen molar-refractivity contribution in [3.63, 3.8) is 0 Å². The molecular formula is C12H12N2O4. The molecule has 1 aromatic heterocycles. The van der Waals surface area contributed by atoms with E-state index in [0.717, 1.165) is 0 Å². The van der Waals surface area contributed by atoms with Gasteiger partial charge in [-0.15, -0.1) is 0 Å². The van der Waals surface area contributed by atoms with Gasteiger partial charge in [0.1, 0.15) is 6.61 Å². The van der Waals surface area contributed by atoms with Crippen LogP contribution in [-0.4, -0.2) is 27.8 Å². The molecule has 1 aromatic carbocycles. The lowest BCUT2D eigenvalue weighted by molar-refractivity contribution is 0.0697. The smallest absolute Gasteiger partial charge is 0.335 e. The van der Waals surface area contributed by atoms with Crippen molar-refractivity contribution in [1.29, 1.82) is 0 Å². The zero-order valence-electron chi connectivity index (χ0n) is 9.79. The molecule has 0 unspecified atom stereocenters. The third-order valence-corrected chi connectivity index (χ3v) is 2.26. The number of hydrogen-bond donors (Lipinski definition) is 1. The van der Waals surface area contributed by atoms with Gasteiger partial charge in [-0.1, -0.05) is 11.2 Å². The lowest BCUT2D eigenvalue weighted by Crippen LogP contribution is -1.96. The monoisotopic (exact) mass is 248 g/mol. The number of hydrogen-bond acceptors (Lipinski definition) is 5. The maximum atomic E-state index is 10.8. The van der Waals surface area contributed by atoms with E-state index in [-0.39, 0.29) is 18.1 Å². The first-order valence-electron chi connectivity index (χ1n) is 5.44. The minimum atomic E-state index is -0.995. The molecule has 18 heavy (non-hydrogen) atoms. The summed E-state index contributed by atoms with van der Waals surface area (Å²) >= 11 is 0. The van der Waals surface area contributed by atoms with E-state index in [2.05, 4.69) is 10.1 Å². The van der Waals surface area contributed by atoms with E-state index in [1.165, 1.54) is 12.1 Å². The predicted molar refractivity (Wildman–Crippen MR) is 62.0 cm³/mol. The van der Waals surface area contributed by atoms with Crippen molar-refractivity contribution in [3.05, 3.63) is 35.7 Å². The number of ether oxygens (including phenoxy) is 1. The fourth-order valence-corrected chi connectivity index (χ4v) is 1.41. The maximum Gasteiger partial charge on any atom is 0.335 e. The van der Waals surface area contributed by atoms with Crippen LogP contribution >= 0.6 is 0 Å². The fourth-order valence-electron chi connectivity index (χ4n) is 1.41. The molecular weight excluding hydrogens is 236 g/mol. The Morgan fingerprint density at radius 3 is 3.06 bits per heavy atom. The largest absolute Gasteiger partial charge is 0.478 e. The van der Waals surface area contributed by atoms with Crippen LogP contribution in [0.4, 0.5) is 0 Å². The average Bonchev–Trinajstić information content (AvgIpc) is 2.85. The van der Waals surface area contributed by atoms with Gasteiger partial charge in [-0.25, -0.2) is 4.79 Å². The number of benzene rings is 1. The minimum absolute atomic E-state index is 0.178. The van der Waals surface area contributed by atoms with E-state index in [4.69, 9.17) is 14.4 Å². The summed E-state index contributed by atoms with van der Waals surface area (Å²) in [5.41, 5.74) is 0.752. The SMILES string of the molecule is CCOCc1noc(-c2cccc(C(=O)O)c2)n1. The number of aromatic carboxylic acids is 1. The summed E-state index contributed by atoms with van der Waals surface area (Å²) in [6.45, 7) is 2.72. The van der Waals surface area contributed by atoms with Crippen LogP contribution in [0.3, 0.4) is 0 Å². The van der Waals surface area contributed by atoms with Crippen LogP contribution in [0.15, 0.2) is 28.8 Å². The van der Waals surface area contributed by atoms with E-state index < -0.39 is 5.97 Å². The van der Waals surface area contributed by atoms with Gasteiger partial charge in [0, 0.05) is 12.2 Å².